The van der Waals surface area contributed by atoms with Gasteiger partial charge in [0.25, 0.3) is 0 Å². The Morgan fingerprint density at radius 3 is 2.88 bits per heavy atom. The number of anilines is 1. The SMILES string of the molecule is CC(C)(C)OC(=O)Nc1ccc2c(c1)CCCC2NCc1ccc[nH]1. The highest BCUT2D eigenvalue weighted by atomic mass is 16.6. The average molecular weight is 341 g/mol. The molecule has 1 amide bonds. The monoisotopic (exact) mass is 341 g/mol. The zero-order chi connectivity index (χ0) is 17.9. The van der Waals surface area contributed by atoms with Crippen LogP contribution in [0, 0.1) is 0 Å². The summed E-state index contributed by atoms with van der Waals surface area (Å²) in [5.41, 5.74) is 4.11. The molecule has 0 fully saturated rings. The van der Waals surface area contributed by atoms with Crippen LogP contribution in [0.15, 0.2) is 36.5 Å². The molecule has 5 nitrogen and oxygen atoms in total. The first kappa shape index (κ1) is 17.5. The third-order valence-corrected chi connectivity index (χ3v) is 4.30. The van der Waals surface area contributed by atoms with E-state index in [1.165, 1.54) is 16.8 Å². The van der Waals surface area contributed by atoms with Gasteiger partial charge < -0.3 is 15.0 Å². The van der Waals surface area contributed by atoms with Crippen molar-refractivity contribution in [1.82, 2.24) is 10.3 Å². The van der Waals surface area contributed by atoms with Gasteiger partial charge in [0.1, 0.15) is 5.60 Å². The first-order chi connectivity index (χ1) is 11.9. The molecule has 0 saturated heterocycles. The maximum Gasteiger partial charge on any atom is 0.412 e. The number of hydrogen-bond acceptors (Lipinski definition) is 3. The maximum absolute atomic E-state index is 11.9. The number of amides is 1. The van der Waals surface area contributed by atoms with Crippen molar-refractivity contribution in [1.29, 1.82) is 0 Å². The summed E-state index contributed by atoms with van der Waals surface area (Å²) in [5.74, 6) is 0. The summed E-state index contributed by atoms with van der Waals surface area (Å²) in [6.45, 7) is 6.41. The Bertz CT molecular complexity index is 717. The van der Waals surface area contributed by atoms with Crippen molar-refractivity contribution in [2.75, 3.05) is 5.32 Å². The first-order valence-electron chi connectivity index (χ1n) is 8.89. The molecule has 0 bridgehead atoms. The minimum Gasteiger partial charge on any atom is -0.444 e. The van der Waals surface area contributed by atoms with Crippen LogP contribution in [-0.4, -0.2) is 16.7 Å². The highest BCUT2D eigenvalue weighted by Crippen LogP contribution is 2.32. The van der Waals surface area contributed by atoms with Crippen LogP contribution in [0.4, 0.5) is 10.5 Å². The van der Waals surface area contributed by atoms with Gasteiger partial charge in [0.2, 0.25) is 0 Å². The number of ether oxygens (including phenoxy) is 1. The fourth-order valence-electron chi connectivity index (χ4n) is 3.24. The van der Waals surface area contributed by atoms with E-state index < -0.39 is 11.7 Å². The van der Waals surface area contributed by atoms with Crippen molar-refractivity contribution in [2.45, 2.75) is 58.2 Å². The van der Waals surface area contributed by atoms with Crippen LogP contribution in [0.1, 0.15) is 56.5 Å². The molecular formula is C20H27N3O2. The lowest BCUT2D eigenvalue weighted by Gasteiger charge is -2.27. The van der Waals surface area contributed by atoms with Crippen molar-refractivity contribution in [3.63, 3.8) is 0 Å². The summed E-state index contributed by atoms with van der Waals surface area (Å²) in [6, 6.07) is 10.6. The molecule has 1 heterocycles. The Balaban J connectivity index is 1.66. The number of aromatic amines is 1. The second-order valence-electron chi connectivity index (χ2n) is 7.56. The molecule has 5 heteroatoms. The number of rotatable bonds is 4. The van der Waals surface area contributed by atoms with Gasteiger partial charge in [0.05, 0.1) is 0 Å². The molecule has 1 aromatic carbocycles. The van der Waals surface area contributed by atoms with E-state index in [1.54, 1.807) is 0 Å². The number of benzene rings is 1. The molecule has 3 rings (SSSR count). The summed E-state index contributed by atoms with van der Waals surface area (Å²) < 4.78 is 5.32. The third-order valence-electron chi connectivity index (χ3n) is 4.30. The fourth-order valence-corrected chi connectivity index (χ4v) is 3.24. The zero-order valence-corrected chi connectivity index (χ0v) is 15.2. The average Bonchev–Trinajstić information content (AvgIpc) is 3.04. The largest absolute Gasteiger partial charge is 0.444 e. The molecule has 0 spiro atoms. The molecular weight excluding hydrogens is 314 g/mol. The van der Waals surface area contributed by atoms with E-state index in [0.29, 0.717) is 6.04 Å². The van der Waals surface area contributed by atoms with Crippen LogP contribution >= 0.6 is 0 Å². The smallest absolute Gasteiger partial charge is 0.412 e. The van der Waals surface area contributed by atoms with Crippen LogP contribution in [0.25, 0.3) is 0 Å². The molecule has 25 heavy (non-hydrogen) atoms. The van der Waals surface area contributed by atoms with E-state index in [0.717, 1.165) is 31.5 Å². The molecule has 1 aliphatic carbocycles. The number of hydrogen-bond donors (Lipinski definition) is 3. The van der Waals surface area contributed by atoms with Crippen molar-refractivity contribution < 1.29 is 9.53 Å². The standard InChI is InChI=1S/C20H27N3O2/c1-20(2,3)25-19(24)23-15-9-10-17-14(12-15)6-4-8-18(17)22-13-16-7-5-11-21-16/h5,7,9-12,18,21-22H,4,6,8,13H2,1-3H3,(H,23,24). The van der Waals surface area contributed by atoms with E-state index in [-0.39, 0.29) is 0 Å². The van der Waals surface area contributed by atoms with Crippen molar-refractivity contribution in [3.05, 3.63) is 53.3 Å². The lowest BCUT2D eigenvalue weighted by Crippen LogP contribution is -2.27. The Hall–Kier alpha value is -2.27. The van der Waals surface area contributed by atoms with Crippen molar-refractivity contribution >= 4 is 11.8 Å². The first-order valence-corrected chi connectivity index (χ1v) is 8.89. The predicted octanol–water partition coefficient (Wildman–Crippen LogP) is 4.53. The lowest BCUT2D eigenvalue weighted by molar-refractivity contribution is 0.0636. The Morgan fingerprint density at radius 2 is 2.16 bits per heavy atom. The normalized spacial score (nSPS) is 17.0. The molecule has 0 saturated carbocycles. The molecule has 0 radical (unpaired) electrons. The zero-order valence-electron chi connectivity index (χ0n) is 15.2. The number of carbonyl (C=O) groups excluding carboxylic acids is 1. The summed E-state index contributed by atoms with van der Waals surface area (Å²) in [6.07, 6.45) is 4.85. The molecule has 1 aliphatic rings. The minimum absolute atomic E-state index is 0.350. The van der Waals surface area contributed by atoms with E-state index in [9.17, 15) is 4.79 Å². The lowest BCUT2D eigenvalue weighted by atomic mass is 9.87. The van der Waals surface area contributed by atoms with Crippen LogP contribution in [-0.2, 0) is 17.7 Å². The van der Waals surface area contributed by atoms with Gasteiger partial charge in [-0.15, -0.1) is 0 Å². The molecule has 3 N–H and O–H groups in total. The summed E-state index contributed by atoms with van der Waals surface area (Å²) in [5, 5.41) is 6.46. The van der Waals surface area contributed by atoms with Crippen LogP contribution in [0.2, 0.25) is 0 Å². The number of H-pyrrole nitrogens is 1. The van der Waals surface area contributed by atoms with E-state index in [1.807, 2.05) is 39.1 Å². The highest BCUT2D eigenvalue weighted by molar-refractivity contribution is 5.85. The third kappa shape index (κ3) is 4.86. The van der Waals surface area contributed by atoms with Crippen LogP contribution in [0.5, 0.6) is 0 Å². The quantitative estimate of drug-likeness (QED) is 0.765. The van der Waals surface area contributed by atoms with E-state index in [2.05, 4.69) is 33.8 Å². The van der Waals surface area contributed by atoms with Gasteiger partial charge in [0.15, 0.2) is 0 Å². The number of carbonyl (C=O) groups is 1. The Morgan fingerprint density at radius 1 is 1.32 bits per heavy atom. The number of fused-ring (bicyclic) bond motifs is 1. The maximum atomic E-state index is 11.9. The Kier molecular flexibility index (Phi) is 5.13. The van der Waals surface area contributed by atoms with Crippen LogP contribution < -0.4 is 10.6 Å². The van der Waals surface area contributed by atoms with Gasteiger partial charge >= 0.3 is 6.09 Å². The molecule has 2 aromatic rings. The summed E-state index contributed by atoms with van der Waals surface area (Å²) in [7, 11) is 0. The fraction of sp³-hybridized carbons (Fsp3) is 0.450. The highest BCUT2D eigenvalue weighted by Gasteiger charge is 2.21. The number of nitrogens with one attached hydrogen (secondary N) is 3. The topological polar surface area (TPSA) is 66.2 Å². The van der Waals surface area contributed by atoms with Crippen molar-refractivity contribution in [2.24, 2.45) is 0 Å². The van der Waals surface area contributed by atoms with E-state index >= 15 is 0 Å². The minimum atomic E-state index is -0.495. The van der Waals surface area contributed by atoms with Gasteiger partial charge in [-0.05, 0) is 75.4 Å². The van der Waals surface area contributed by atoms with Gasteiger partial charge in [0, 0.05) is 30.2 Å². The summed E-state index contributed by atoms with van der Waals surface area (Å²) in [4.78, 5) is 15.2. The van der Waals surface area contributed by atoms with E-state index in [4.69, 9.17) is 4.74 Å². The predicted molar refractivity (Wildman–Crippen MR) is 99.6 cm³/mol. The molecule has 0 aliphatic heterocycles. The number of aryl methyl sites for hydroxylation is 1. The second-order valence-corrected chi connectivity index (χ2v) is 7.56. The number of aromatic nitrogens is 1. The molecule has 1 aromatic heterocycles. The molecule has 1 atom stereocenters. The molecule has 134 valence electrons. The van der Waals surface area contributed by atoms with Gasteiger partial charge in [-0.2, -0.15) is 0 Å². The van der Waals surface area contributed by atoms with Gasteiger partial charge in [-0.3, -0.25) is 5.32 Å². The van der Waals surface area contributed by atoms with Crippen LogP contribution in [0.3, 0.4) is 0 Å². The molecule has 1 unspecified atom stereocenters. The van der Waals surface area contributed by atoms with Crippen molar-refractivity contribution in [3.8, 4) is 0 Å². The van der Waals surface area contributed by atoms with Gasteiger partial charge in [-0.25, -0.2) is 4.79 Å². The second kappa shape index (κ2) is 7.31. The van der Waals surface area contributed by atoms with Gasteiger partial charge in [-0.1, -0.05) is 6.07 Å². The Labute approximate surface area is 149 Å². The summed E-state index contributed by atoms with van der Waals surface area (Å²) >= 11 is 0.